The first-order chi connectivity index (χ1) is 9.45. The molecule has 2 unspecified atom stereocenters. The van der Waals surface area contributed by atoms with E-state index in [-0.39, 0.29) is 5.38 Å². The lowest BCUT2D eigenvalue weighted by molar-refractivity contribution is 0.133. The van der Waals surface area contributed by atoms with Crippen LogP contribution in [0.5, 0.6) is 5.75 Å². The van der Waals surface area contributed by atoms with Crippen LogP contribution < -0.4 is 4.74 Å². The fourth-order valence-corrected chi connectivity index (χ4v) is 4.37. The molecule has 20 heavy (non-hydrogen) atoms. The van der Waals surface area contributed by atoms with Gasteiger partial charge in [0.05, 0.1) is 16.5 Å². The third kappa shape index (κ3) is 3.51. The molecule has 1 aliphatic rings. The largest absolute Gasteiger partial charge is 0.493 e. The molecule has 0 aliphatic heterocycles. The zero-order valence-electron chi connectivity index (χ0n) is 12.6. The van der Waals surface area contributed by atoms with Crippen molar-refractivity contribution in [2.24, 2.45) is 11.3 Å². The maximum Gasteiger partial charge on any atom is 0.133 e. The van der Waals surface area contributed by atoms with Crippen molar-refractivity contribution in [1.29, 1.82) is 0 Å². The second-order valence-electron chi connectivity index (χ2n) is 6.37. The zero-order chi connectivity index (χ0) is 14.8. The Morgan fingerprint density at radius 1 is 1.40 bits per heavy atom. The van der Waals surface area contributed by atoms with Crippen LogP contribution in [0.2, 0.25) is 0 Å². The lowest BCUT2D eigenvalue weighted by Crippen LogP contribution is -2.30. The van der Waals surface area contributed by atoms with Crippen molar-refractivity contribution in [3.63, 3.8) is 0 Å². The molecule has 0 saturated heterocycles. The lowest BCUT2D eigenvalue weighted by atomic mass is 9.66. The second kappa shape index (κ2) is 6.70. The molecule has 0 aromatic heterocycles. The summed E-state index contributed by atoms with van der Waals surface area (Å²) in [6.45, 7) is 7.39. The number of ether oxygens (including phenoxy) is 1. The Balaban J connectivity index is 2.20. The zero-order valence-corrected chi connectivity index (χ0v) is 14.9. The fraction of sp³-hybridized carbons (Fsp3) is 0.647. The van der Waals surface area contributed by atoms with Crippen molar-refractivity contribution in [2.75, 3.05) is 6.61 Å². The molecule has 1 aliphatic carbocycles. The van der Waals surface area contributed by atoms with Crippen molar-refractivity contribution in [1.82, 2.24) is 0 Å². The molecule has 3 heteroatoms. The van der Waals surface area contributed by atoms with Crippen molar-refractivity contribution in [3.8, 4) is 5.75 Å². The van der Waals surface area contributed by atoms with E-state index in [0.717, 1.165) is 10.2 Å². The van der Waals surface area contributed by atoms with Gasteiger partial charge in [0.15, 0.2) is 0 Å². The van der Waals surface area contributed by atoms with Gasteiger partial charge >= 0.3 is 0 Å². The van der Waals surface area contributed by atoms with E-state index in [9.17, 15) is 0 Å². The predicted molar refractivity (Wildman–Crippen MR) is 89.6 cm³/mol. The maximum atomic E-state index is 6.81. The van der Waals surface area contributed by atoms with E-state index in [4.69, 9.17) is 16.3 Å². The molecule has 1 aromatic carbocycles. The van der Waals surface area contributed by atoms with E-state index in [1.165, 1.54) is 31.2 Å². The standard InChI is InChI=1S/C17H24BrClO/c1-4-20-15-9-8-12(11-14(15)18)16(19)13-7-5-6-10-17(13,2)3/h8-9,11,13,16H,4-7,10H2,1-3H3. The summed E-state index contributed by atoms with van der Waals surface area (Å²) in [6, 6.07) is 6.25. The summed E-state index contributed by atoms with van der Waals surface area (Å²) in [7, 11) is 0. The van der Waals surface area contributed by atoms with Gasteiger partial charge in [0.1, 0.15) is 5.75 Å². The minimum absolute atomic E-state index is 0.0808. The molecule has 2 atom stereocenters. The summed E-state index contributed by atoms with van der Waals surface area (Å²) in [5, 5.41) is 0.0808. The Morgan fingerprint density at radius 3 is 2.75 bits per heavy atom. The first kappa shape index (κ1) is 16.2. The van der Waals surface area contributed by atoms with E-state index in [0.29, 0.717) is 17.9 Å². The van der Waals surface area contributed by atoms with Gasteiger partial charge in [-0.25, -0.2) is 0 Å². The lowest BCUT2D eigenvalue weighted by Gasteiger charge is -2.41. The minimum Gasteiger partial charge on any atom is -0.493 e. The van der Waals surface area contributed by atoms with Gasteiger partial charge in [-0.2, -0.15) is 0 Å². The molecule has 2 rings (SSSR count). The molecular formula is C17H24BrClO. The summed E-state index contributed by atoms with van der Waals surface area (Å²) < 4.78 is 6.56. The third-order valence-corrected chi connectivity index (χ3v) is 5.69. The van der Waals surface area contributed by atoms with E-state index < -0.39 is 0 Å². The van der Waals surface area contributed by atoms with Crippen LogP contribution in [0.3, 0.4) is 0 Å². The van der Waals surface area contributed by atoms with Crippen molar-refractivity contribution >= 4 is 27.5 Å². The van der Waals surface area contributed by atoms with Crippen molar-refractivity contribution in [3.05, 3.63) is 28.2 Å². The quantitative estimate of drug-likeness (QED) is 0.569. The number of benzene rings is 1. The van der Waals surface area contributed by atoms with Gasteiger partial charge < -0.3 is 4.74 Å². The van der Waals surface area contributed by atoms with E-state index in [1.54, 1.807) is 0 Å². The summed E-state index contributed by atoms with van der Waals surface area (Å²) >= 11 is 10.4. The fourth-order valence-electron chi connectivity index (χ4n) is 3.26. The minimum atomic E-state index is 0.0808. The van der Waals surface area contributed by atoms with Crippen LogP contribution in [0.1, 0.15) is 57.4 Å². The van der Waals surface area contributed by atoms with Gasteiger partial charge in [-0.1, -0.05) is 32.8 Å². The van der Waals surface area contributed by atoms with E-state index in [1.807, 2.05) is 13.0 Å². The van der Waals surface area contributed by atoms with Gasteiger partial charge in [-0.15, -0.1) is 11.6 Å². The second-order valence-corrected chi connectivity index (χ2v) is 7.69. The normalized spacial score (nSPS) is 23.4. The molecule has 1 aromatic rings. The van der Waals surface area contributed by atoms with E-state index >= 15 is 0 Å². The summed E-state index contributed by atoms with van der Waals surface area (Å²) in [5.41, 5.74) is 1.53. The maximum absolute atomic E-state index is 6.81. The Bertz CT molecular complexity index is 458. The Kier molecular flexibility index (Phi) is 5.42. The van der Waals surface area contributed by atoms with Gasteiger partial charge in [0.25, 0.3) is 0 Å². The first-order valence-corrected chi connectivity index (χ1v) is 8.75. The number of halogens is 2. The molecule has 1 fully saturated rings. The van der Waals surface area contributed by atoms with Crippen molar-refractivity contribution in [2.45, 2.75) is 51.8 Å². The van der Waals surface area contributed by atoms with Gasteiger partial charge in [-0.05, 0) is 64.7 Å². The molecule has 0 amide bonds. The van der Waals surface area contributed by atoms with Gasteiger partial charge in [-0.3, -0.25) is 0 Å². The highest BCUT2D eigenvalue weighted by Gasteiger charge is 2.37. The molecule has 0 spiro atoms. The Morgan fingerprint density at radius 2 is 2.15 bits per heavy atom. The van der Waals surface area contributed by atoms with Crippen LogP contribution in [0.25, 0.3) is 0 Å². The molecule has 0 bridgehead atoms. The number of rotatable bonds is 4. The Hall–Kier alpha value is -0.210. The smallest absolute Gasteiger partial charge is 0.133 e. The monoisotopic (exact) mass is 358 g/mol. The highest BCUT2D eigenvalue weighted by Crippen LogP contribution is 2.49. The van der Waals surface area contributed by atoms with Crippen LogP contribution in [-0.2, 0) is 0 Å². The topological polar surface area (TPSA) is 9.23 Å². The average Bonchev–Trinajstić information content (AvgIpc) is 2.40. The van der Waals surface area contributed by atoms with Crippen LogP contribution in [0.15, 0.2) is 22.7 Å². The summed E-state index contributed by atoms with van der Waals surface area (Å²) in [6.07, 6.45) is 5.14. The Labute approximate surface area is 136 Å². The number of hydrogen-bond acceptors (Lipinski definition) is 1. The highest BCUT2D eigenvalue weighted by molar-refractivity contribution is 9.10. The van der Waals surface area contributed by atoms with Crippen LogP contribution in [0.4, 0.5) is 0 Å². The van der Waals surface area contributed by atoms with Crippen LogP contribution >= 0.6 is 27.5 Å². The highest BCUT2D eigenvalue weighted by atomic mass is 79.9. The van der Waals surface area contributed by atoms with Crippen LogP contribution in [0, 0.1) is 11.3 Å². The van der Waals surface area contributed by atoms with Gasteiger partial charge in [0, 0.05) is 0 Å². The summed E-state index contributed by atoms with van der Waals surface area (Å²) in [4.78, 5) is 0. The number of hydrogen-bond donors (Lipinski definition) is 0. The third-order valence-electron chi connectivity index (χ3n) is 4.52. The predicted octanol–water partition coefficient (Wildman–Crippen LogP) is 6.34. The number of alkyl halides is 1. The van der Waals surface area contributed by atoms with Crippen LogP contribution in [-0.4, -0.2) is 6.61 Å². The molecular weight excluding hydrogens is 336 g/mol. The first-order valence-electron chi connectivity index (χ1n) is 7.52. The SMILES string of the molecule is CCOc1ccc(C(Cl)C2CCCCC2(C)C)cc1Br. The van der Waals surface area contributed by atoms with Gasteiger partial charge in [0.2, 0.25) is 0 Å². The molecule has 1 nitrogen and oxygen atoms in total. The molecule has 112 valence electrons. The van der Waals surface area contributed by atoms with Crippen molar-refractivity contribution < 1.29 is 4.74 Å². The van der Waals surface area contributed by atoms with E-state index in [2.05, 4.69) is 41.9 Å². The average molecular weight is 360 g/mol. The molecule has 0 heterocycles. The summed E-state index contributed by atoms with van der Waals surface area (Å²) in [5.74, 6) is 1.44. The molecule has 1 saturated carbocycles. The molecule has 0 N–H and O–H groups in total. The molecule has 0 radical (unpaired) electrons.